The standard InChI is InChI=1S/C11H12F3NO3/c1-2-17-10(16)9(15)7-5-3-4-6-8(7)18-11(12,13)14/h3-6,9H,2,15H2,1H3. The van der Waals surface area contributed by atoms with Crippen LogP contribution in [0.2, 0.25) is 0 Å². The number of hydrogen-bond donors (Lipinski definition) is 1. The molecule has 1 unspecified atom stereocenters. The highest BCUT2D eigenvalue weighted by Gasteiger charge is 2.33. The summed E-state index contributed by atoms with van der Waals surface area (Å²) in [5, 5.41) is 0. The lowest BCUT2D eigenvalue weighted by molar-refractivity contribution is -0.275. The van der Waals surface area contributed by atoms with E-state index in [1.54, 1.807) is 6.92 Å². The van der Waals surface area contributed by atoms with Crippen LogP contribution >= 0.6 is 0 Å². The first-order chi connectivity index (χ1) is 8.35. The number of esters is 1. The number of para-hydroxylation sites is 1. The fourth-order valence-corrected chi connectivity index (χ4v) is 1.31. The van der Waals surface area contributed by atoms with Gasteiger partial charge in [-0.15, -0.1) is 13.2 Å². The van der Waals surface area contributed by atoms with Crippen LogP contribution in [0.15, 0.2) is 24.3 Å². The van der Waals surface area contributed by atoms with Gasteiger partial charge in [0.05, 0.1) is 6.61 Å². The maximum atomic E-state index is 12.2. The van der Waals surface area contributed by atoms with Crippen LogP contribution in [0.3, 0.4) is 0 Å². The van der Waals surface area contributed by atoms with Gasteiger partial charge in [-0.3, -0.25) is 0 Å². The summed E-state index contributed by atoms with van der Waals surface area (Å²) in [6.45, 7) is 1.66. The molecule has 2 N–H and O–H groups in total. The fourth-order valence-electron chi connectivity index (χ4n) is 1.31. The second-order valence-electron chi connectivity index (χ2n) is 3.32. The number of halogens is 3. The number of benzene rings is 1. The first-order valence-corrected chi connectivity index (χ1v) is 5.12. The molecule has 1 aromatic carbocycles. The number of ether oxygens (including phenoxy) is 2. The summed E-state index contributed by atoms with van der Waals surface area (Å²) in [5.74, 6) is -1.32. The Bertz CT molecular complexity index is 420. The van der Waals surface area contributed by atoms with Crippen LogP contribution in [0, 0.1) is 0 Å². The van der Waals surface area contributed by atoms with E-state index in [9.17, 15) is 18.0 Å². The van der Waals surface area contributed by atoms with Crippen LogP contribution in [-0.4, -0.2) is 18.9 Å². The van der Waals surface area contributed by atoms with Crippen LogP contribution < -0.4 is 10.5 Å². The van der Waals surface area contributed by atoms with Crippen molar-refractivity contribution in [3.63, 3.8) is 0 Å². The minimum absolute atomic E-state index is 0.0757. The van der Waals surface area contributed by atoms with Gasteiger partial charge in [-0.05, 0) is 13.0 Å². The highest BCUT2D eigenvalue weighted by atomic mass is 19.4. The van der Waals surface area contributed by atoms with E-state index in [1.807, 2.05) is 0 Å². The summed E-state index contributed by atoms with van der Waals surface area (Å²) in [5.41, 5.74) is 5.45. The van der Waals surface area contributed by atoms with Crippen molar-refractivity contribution >= 4 is 5.97 Å². The molecule has 4 nitrogen and oxygen atoms in total. The van der Waals surface area contributed by atoms with Crippen molar-refractivity contribution in [2.75, 3.05) is 6.61 Å². The Morgan fingerprint density at radius 1 is 1.39 bits per heavy atom. The normalized spacial score (nSPS) is 12.9. The van der Waals surface area contributed by atoms with E-state index >= 15 is 0 Å². The Hall–Kier alpha value is -1.76. The first-order valence-electron chi connectivity index (χ1n) is 5.12. The molecule has 7 heteroatoms. The summed E-state index contributed by atoms with van der Waals surface area (Å²) in [4.78, 5) is 11.4. The molecule has 0 saturated heterocycles. The summed E-state index contributed by atoms with van der Waals surface area (Å²) < 4.78 is 44.9. The predicted molar refractivity (Wildman–Crippen MR) is 56.7 cm³/mol. The lowest BCUT2D eigenvalue weighted by atomic mass is 10.1. The van der Waals surface area contributed by atoms with Gasteiger partial charge in [0.2, 0.25) is 0 Å². The zero-order valence-corrected chi connectivity index (χ0v) is 9.53. The van der Waals surface area contributed by atoms with Gasteiger partial charge in [0.25, 0.3) is 0 Å². The Labute approximate surface area is 101 Å². The van der Waals surface area contributed by atoms with Gasteiger partial charge in [0, 0.05) is 5.56 Å². The van der Waals surface area contributed by atoms with E-state index in [2.05, 4.69) is 9.47 Å². The summed E-state index contributed by atoms with van der Waals surface area (Å²) in [6.07, 6.45) is -4.84. The average molecular weight is 263 g/mol. The third-order valence-corrected chi connectivity index (χ3v) is 2.02. The molecule has 0 fully saturated rings. The van der Waals surface area contributed by atoms with Crippen molar-refractivity contribution in [1.82, 2.24) is 0 Å². The van der Waals surface area contributed by atoms with E-state index in [0.29, 0.717) is 0 Å². The number of nitrogens with two attached hydrogens (primary N) is 1. The molecule has 0 heterocycles. The fraction of sp³-hybridized carbons (Fsp3) is 0.364. The van der Waals surface area contributed by atoms with Gasteiger partial charge in [-0.1, -0.05) is 18.2 Å². The Morgan fingerprint density at radius 3 is 2.56 bits per heavy atom. The molecule has 18 heavy (non-hydrogen) atoms. The third kappa shape index (κ3) is 3.92. The largest absolute Gasteiger partial charge is 0.573 e. The van der Waals surface area contributed by atoms with E-state index in [-0.39, 0.29) is 12.2 Å². The van der Waals surface area contributed by atoms with Crippen molar-refractivity contribution in [2.24, 2.45) is 5.73 Å². The lowest BCUT2D eigenvalue weighted by Crippen LogP contribution is -2.26. The molecule has 1 atom stereocenters. The molecule has 0 saturated carbocycles. The smallest absolute Gasteiger partial charge is 0.465 e. The first kappa shape index (κ1) is 14.3. The van der Waals surface area contributed by atoms with Crippen LogP contribution in [0.5, 0.6) is 5.75 Å². The summed E-state index contributed by atoms with van der Waals surface area (Å²) in [6, 6.07) is 3.86. The molecule has 100 valence electrons. The Kier molecular flexibility index (Phi) is 4.55. The van der Waals surface area contributed by atoms with Gasteiger partial charge in [0.1, 0.15) is 11.8 Å². The Balaban J connectivity index is 2.98. The number of hydrogen-bond acceptors (Lipinski definition) is 4. The molecule has 0 bridgehead atoms. The van der Waals surface area contributed by atoms with E-state index in [1.165, 1.54) is 18.2 Å². The molecule has 0 aliphatic rings. The summed E-state index contributed by atoms with van der Waals surface area (Å²) in [7, 11) is 0. The molecule has 0 radical (unpaired) electrons. The van der Waals surface area contributed by atoms with Gasteiger partial charge in [-0.25, -0.2) is 4.79 Å². The molecule has 0 spiro atoms. The molecule has 0 aromatic heterocycles. The van der Waals surface area contributed by atoms with Crippen LogP contribution in [-0.2, 0) is 9.53 Å². The quantitative estimate of drug-likeness (QED) is 0.845. The number of rotatable bonds is 4. The topological polar surface area (TPSA) is 61.5 Å². The van der Waals surface area contributed by atoms with Crippen molar-refractivity contribution in [2.45, 2.75) is 19.3 Å². The zero-order valence-electron chi connectivity index (χ0n) is 9.53. The number of carbonyl (C=O) groups excluding carboxylic acids is 1. The monoisotopic (exact) mass is 263 g/mol. The SMILES string of the molecule is CCOC(=O)C(N)c1ccccc1OC(F)(F)F. The van der Waals surface area contributed by atoms with Gasteiger partial charge >= 0.3 is 12.3 Å². The molecule has 0 amide bonds. The maximum absolute atomic E-state index is 12.2. The van der Waals surface area contributed by atoms with Crippen LogP contribution in [0.1, 0.15) is 18.5 Å². The second kappa shape index (κ2) is 5.72. The van der Waals surface area contributed by atoms with E-state index in [4.69, 9.17) is 5.73 Å². The maximum Gasteiger partial charge on any atom is 0.573 e. The minimum Gasteiger partial charge on any atom is -0.465 e. The van der Waals surface area contributed by atoms with Crippen molar-refractivity contribution in [3.05, 3.63) is 29.8 Å². The molecular formula is C11H12F3NO3. The average Bonchev–Trinajstić information content (AvgIpc) is 2.27. The lowest BCUT2D eigenvalue weighted by Gasteiger charge is -2.16. The zero-order chi connectivity index (χ0) is 13.8. The van der Waals surface area contributed by atoms with Gasteiger partial charge in [0.15, 0.2) is 0 Å². The van der Waals surface area contributed by atoms with Crippen molar-refractivity contribution < 1.29 is 27.4 Å². The Morgan fingerprint density at radius 2 is 2.00 bits per heavy atom. The predicted octanol–water partition coefficient (Wildman–Crippen LogP) is 2.15. The van der Waals surface area contributed by atoms with E-state index < -0.39 is 24.1 Å². The van der Waals surface area contributed by atoms with E-state index in [0.717, 1.165) is 6.07 Å². The molecule has 1 rings (SSSR count). The van der Waals surface area contributed by atoms with Crippen LogP contribution in [0.25, 0.3) is 0 Å². The molecule has 1 aromatic rings. The molecular weight excluding hydrogens is 251 g/mol. The van der Waals surface area contributed by atoms with Crippen molar-refractivity contribution in [1.29, 1.82) is 0 Å². The second-order valence-corrected chi connectivity index (χ2v) is 3.32. The molecule has 0 aliphatic carbocycles. The van der Waals surface area contributed by atoms with Gasteiger partial charge in [-0.2, -0.15) is 0 Å². The molecule has 0 aliphatic heterocycles. The van der Waals surface area contributed by atoms with Crippen LogP contribution in [0.4, 0.5) is 13.2 Å². The van der Waals surface area contributed by atoms with Crippen molar-refractivity contribution in [3.8, 4) is 5.75 Å². The highest BCUT2D eigenvalue weighted by Crippen LogP contribution is 2.29. The number of carbonyl (C=O) groups is 1. The minimum atomic E-state index is -4.84. The third-order valence-electron chi connectivity index (χ3n) is 2.02. The number of alkyl halides is 3. The van der Waals surface area contributed by atoms with Gasteiger partial charge < -0.3 is 15.2 Å². The highest BCUT2D eigenvalue weighted by molar-refractivity contribution is 5.78. The summed E-state index contributed by atoms with van der Waals surface area (Å²) >= 11 is 0.